The Balaban J connectivity index is 1.96. The van der Waals surface area contributed by atoms with Crippen LogP contribution in [0.3, 0.4) is 0 Å². The SMILES string of the molecule is C(=Nn1cnnc1)c1ccc2ccccc2c1. The third kappa shape index (κ3) is 2.06. The van der Waals surface area contributed by atoms with E-state index in [0.717, 1.165) is 5.56 Å². The molecule has 1 heterocycles. The van der Waals surface area contributed by atoms with Crippen LogP contribution in [0.2, 0.25) is 0 Å². The van der Waals surface area contributed by atoms with Crippen LogP contribution in [0.4, 0.5) is 0 Å². The first-order valence-corrected chi connectivity index (χ1v) is 5.30. The number of rotatable bonds is 2. The molecule has 17 heavy (non-hydrogen) atoms. The maximum absolute atomic E-state index is 4.21. The van der Waals surface area contributed by atoms with Gasteiger partial charge in [-0.3, -0.25) is 0 Å². The van der Waals surface area contributed by atoms with Gasteiger partial charge < -0.3 is 0 Å². The first-order valence-electron chi connectivity index (χ1n) is 5.30. The summed E-state index contributed by atoms with van der Waals surface area (Å²) in [4.78, 5) is 0. The van der Waals surface area contributed by atoms with E-state index in [1.807, 2.05) is 18.2 Å². The normalized spacial score (nSPS) is 11.3. The van der Waals surface area contributed by atoms with Gasteiger partial charge in [0.2, 0.25) is 0 Å². The lowest BCUT2D eigenvalue weighted by atomic mass is 10.1. The van der Waals surface area contributed by atoms with Crippen molar-refractivity contribution in [3.8, 4) is 0 Å². The molecule has 4 heteroatoms. The van der Waals surface area contributed by atoms with Crippen molar-refractivity contribution in [2.45, 2.75) is 0 Å². The van der Waals surface area contributed by atoms with Gasteiger partial charge in [-0.05, 0) is 22.4 Å². The fourth-order valence-corrected chi connectivity index (χ4v) is 1.68. The van der Waals surface area contributed by atoms with E-state index in [1.54, 1.807) is 23.5 Å². The van der Waals surface area contributed by atoms with Crippen molar-refractivity contribution < 1.29 is 0 Å². The molecule has 0 saturated carbocycles. The van der Waals surface area contributed by atoms with E-state index in [0.29, 0.717) is 0 Å². The van der Waals surface area contributed by atoms with Crippen molar-refractivity contribution in [1.82, 2.24) is 14.9 Å². The van der Waals surface area contributed by atoms with Gasteiger partial charge in [0.1, 0.15) is 12.7 Å². The molecule has 0 saturated heterocycles. The Kier molecular flexibility index (Phi) is 2.38. The van der Waals surface area contributed by atoms with E-state index >= 15 is 0 Å². The average molecular weight is 222 g/mol. The number of nitrogens with zero attached hydrogens (tertiary/aromatic N) is 4. The molecule has 0 aliphatic rings. The van der Waals surface area contributed by atoms with Crippen molar-refractivity contribution in [3.05, 3.63) is 60.7 Å². The first kappa shape index (κ1) is 9.72. The summed E-state index contributed by atoms with van der Waals surface area (Å²) in [6, 6.07) is 14.5. The van der Waals surface area contributed by atoms with Crippen molar-refractivity contribution in [2.24, 2.45) is 5.10 Å². The summed E-state index contributed by atoms with van der Waals surface area (Å²) in [5.41, 5.74) is 1.05. The maximum atomic E-state index is 4.21. The molecular weight excluding hydrogens is 212 g/mol. The monoisotopic (exact) mass is 222 g/mol. The largest absolute Gasteiger partial charge is 0.208 e. The second kappa shape index (κ2) is 4.17. The van der Waals surface area contributed by atoms with Crippen LogP contribution in [0.1, 0.15) is 5.56 Å². The summed E-state index contributed by atoms with van der Waals surface area (Å²) in [5, 5.41) is 14.0. The third-order valence-corrected chi connectivity index (χ3v) is 2.52. The molecule has 0 fully saturated rings. The maximum Gasteiger partial charge on any atom is 0.141 e. The summed E-state index contributed by atoms with van der Waals surface area (Å²) in [7, 11) is 0. The molecule has 0 aliphatic carbocycles. The Morgan fingerprint density at radius 2 is 1.71 bits per heavy atom. The quantitative estimate of drug-likeness (QED) is 0.624. The highest BCUT2D eigenvalue weighted by Crippen LogP contribution is 2.14. The molecule has 4 nitrogen and oxygen atoms in total. The van der Waals surface area contributed by atoms with Crippen LogP contribution in [-0.2, 0) is 0 Å². The van der Waals surface area contributed by atoms with Crippen molar-refractivity contribution in [1.29, 1.82) is 0 Å². The molecule has 0 atom stereocenters. The van der Waals surface area contributed by atoms with E-state index in [1.165, 1.54) is 10.8 Å². The Hall–Kier alpha value is -2.49. The fourth-order valence-electron chi connectivity index (χ4n) is 1.68. The van der Waals surface area contributed by atoms with Gasteiger partial charge in [0.15, 0.2) is 0 Å². The molecule has 0 amide bonds. The van der Waals surface area contributed by atoms with Crippen LogP contribution in [0, 0.1) is 0 Å². The molecule has 0 aliphatic heterocycles. The van der Waals surface area contributed by atoms with E-state index in [-0.39, 0.29) is 0 Å². The van der Waals surface area contributed by atoms with Crippen LogP contribution in [0.15, 0.2) is 60.2 Å². The zero-order valence-electron chi connectivity index (χ0n) is 9.06. The molecule has 0 radical (unpaired) electrons. The number of hydrogen-bond acceptors (Lipinski definition) is 3. The zero-order valence-corrected chi connectivity index (χ0v) is 9.06. The number of hydrogen-bond donors (Lipinski definition) is 0. The van der Waals surface area contributed by atoms with Gasteiger partial charge >= 0.3 is 0 Å². The van der Waals surface area contributed by atoms with E-state index in [4.69, 9.17) is 0 Å². The molecular formula is C13H10N4. The lowest BCUT2D eigenvalue weighted by molar-refractivity contribution is 0.878. The first-order chi connectivity index (χ1) is 8.42. The smallest absolute Gasteiger partial charge is 0.141 e. The molecule has 0 unspecified atom stereocenters. The predicted molar refractivity (Wildman–Crippen MR) is 67.0 cm³/mol. The van der Waals surface area contributed by atoms with Crippen LogP contribution in [-0.4, -0.2) is 21.1 Å². The van der Waals surface area contributed by atoms with E-state index in [2.05, 4.69) is 39.6 Å². The minimum atomic E-state index is 1.05. The number of fused-ring (bicyclic) bond motifs is 1. The van der Waals surface area contributed by atoms with Gasteiger partial charge in [-0.2, -0.15) is 5.10 Å². The Bertz CT molecular complexity index is 656. The third-order valence-electron chi connectivity index (χ3n) is 2.52. The van der Waals surface area contributed by atoms with Crippen molar-refractivity contribution in [3.63, 3.8) is 0 Å². The zero-order chi connectivity index (χ0) is 11.5. The molecule has 0 N–H and O–H groups in total. The van der Waals surface area contributed by atoms with Gasteiger partial charge in [-0.15, -0.1) is 10.2 Å². The lowest BCUT2D eigenvalue weighted by Gasteiger charge is -1.98. The summed E-state index contributed by atoms with van der Waals surface area (Å²) in [5.74, 6) is 0. The highest BCUT2D eigenvalue weighted by Gasteiger charge is 1.93. The Morgan fingerprint density at radius 3 is 2.53 bits per heavy atom. The summed E-state index contributed by atoms with van der Waals surface area (Å²) in [6.45, 7) is 0. The minimum absolute atomic E-state index is 1.05. The number of aromatic nitrogens is 3. The molecule has 82 valence electrons. The van der Waals surface area contributed by atoms with Crippen LogP contribution < -0.4 is 0 Å². The van der Waals surface area contributed by atoms with Gasteiger partial charge in [-0.25, -0.2) is 4.68 Å². The van der Waals surface area contributed by atoms with Crippen LogP contribution in [0.5, 0.6) is 0 Å². The van der Waals surface area contributed by atoms with Crippen molar-refractivity contribution >= 4 is 17.0 Å². The van der Waals surface area contributed by atoms with Gasteiger partial charge in [0, 0.05) is 0 Å². The summed E-state index contributed by atoms with van der Waals surface area (Å²) in [6.07, 6.45) is 4.89. The van der Waals surface area contributed by atoms with Gasteiger partial charge in [0.05, 0.1) is 6.21 Å². The van der Waals surface area contributed by atoms with Crippen molar-refractivity contribution in [2.75, 3.05) is 0 Å². The Morgan fingerprint density at radius 1 is 0.941 bits per heavy atom. The van der Waals surface area contributed by atoms with Gasteiger partial charge in [-0.1, -0.05) is 36.4 Å². The minimum Gasteiger partial charge on any atom is -0.208 e. The second-order valence-corrected chi connectivity index (χ2v) is 3.69. The molecule has 3 aromatic rings. The highest BCUT2D eigenvalue weighted by atomic mass is 15.4. The Labute approximate surface area is 98.2 Å². The molecule has 2 aromatic carbocycles. The average Bonchev–Trinajstić information content (AvgIpc) is 2.89. The van der Waals surface area contributed by atoms with E-state index in [9.17, 15) is 0 Å². The molecule has 3 rings (SSSR count). The second-order valence-electron chi connectivity index (χ2n) is 3.69. The predicted octanol–water partition coefficient (Wildman–Crippen LogP) is 2.31. The standard InChI is InChI=1S/C13H10N4/c1-2-4-13-7-11(5-6-12(13)3-1)8-16-17-9-14-15-10-17/h1-10H. The van der Waals surface area contributed by atoms with E-state index < -0.39 is 0 Å². The molecule has 0 bridgehead atoms. The lowest BCUT2D eigenvalue weighted by Crippen LogP contribution is -1.87. The number of benzene rings is 2. The molecule has 1 aromatic heterocycles. The van der Waals surface area contributed by atoms with Crippen LogP contribution >= 0.6 is 0 Å². The summed E-state index contributed by atoms with van der Waals surface area (Å²) >= 11 is 0. The molecule has 0 spiro atoms. The van der Waals surface area contributed by atoms with Crippen LogP contribution in [0.25, 0.3) is 10.8 Å². The fraction of sp³-hybridized carbons (Fsp3) is 0. The summed E-state index contributed by atoms with van der Waals surface area (Å²) < 4.78 is 1.56. The highest BCUT2D eigenvalue weighted by molar-refractivity contribution is 5.90. The topological polar surface area (TPSA) is 43.1 Å². The van der Waals surface area contributed by atoms with Gasteiger partial charge in [0.25, 0.3) is 0 Å².